The van der Waals surface area contributed by atoms with E-state index in [1.807, 2.05) is 25.1 Å². The van der Waals surface area contributed by atoms with Crippen molar-refractivity contribution >= 4 is 16.7 Å². The molecule has 0 unspecified atom stereocenters. The lowest BCUT2D eigenvalue weighted by Gasteiger charge is -2.09. The minimum absolute atomic E-state index is 0.0528. The van der Waals surface area contributed by atoms with E-state index in [4.69, 9.17) is 5.73 Å². The normalized spacial score (nSPS) is 12.0. The zero-order valence-corrected chi connectivity index (χ0v) is 11.1. The van der Waals surface area contributed by atoms with E-state index in [0.29, 0.717) is 11.4 Å². The van der Waals surface area contributed by atoms with Gasteiger partial charge in [-0.05, 0) is 36.8 Å². The Morgan fingerprint density at radius 2 is 1.90 bits per heavy atom. The van der Waals surface area contributed by atoms with E-state index < -0.39 is 11.7 Å². The van der Waals surface area contributed by atoms with Crippen LogP contribution in [0.3, 0.4) is 0 Å². The van der Waals surface area contributed by atoms with Crippen LogP contribution in [0.25, 0.3) is 22.4 Å². The maximum Gasteiger partial charge on any atom is 0.416 e. The molecule has 6 heteroatoms. The molecule has 0 aliphatic rings. The van der Waals surface area contributed by atoms with E-state index in [1.165, 1.54) is 6.07 Å². The molecule has 21 heavy (non-hydrogen) atoms. The second kappa shape index (κ2) is 4.51. The summed E-state index contributed by atoms with van der Waals surface area (Å²) in [5.74, 6) is 0.372. The predicted molar refractivity (Wildman–Crippen MR) is 75.7 cm³/mol. The number of nitrogens with one attached hydrogen (secondary N) is 1. The molecule has 3 N–H and O–H groups in total. The van der Waals surface area contributed by atoms with Gasteiger partial charge in [0, 0.05) is 11.3 Å². The number of H-pyrrole nitrogens is 1. The maximum absolute atomic E-state index is 12.8. The van der Waals surface area contributed by atoms with E-state index >= 15 is 0 Å². The van der Waals surface area contributed by atoms with Crippen LogP contribution in [0, 0.1) is 6.92 Å². The van der Waals surface area contributed by atoms with Gasteiger partial charge in [0.1, 0.15) is 5.82 Å². The number of halogens is 3. The van der Waals surface area contributed by atoms with Gasteiger partial charge in [-0.25, -0.2) is 4.98 Å². The lowest BCUT2D eigenvalue weighted by Crippen LogP contribution is -2.06. The number of alkyl halides is 3. The number of benzene rings is 2. The first-order chi connectivity index (χ1) is 9.84. The monoisotopic (exact) mass is 291 g/mol. The fourth-order valence-corrected chi connectivity index (χ4v) is 2.26. The SMILES string of the molecule is Cc1cccc2[nH]c(-c3cc(N)cc(C(F)(F)F)c3)nc12. The Bertz CT molecular complexity index is 819. The molecule has 0 spiro atoms. The number of aryl methyl sites for hydroxylation is 1. The number of imidazole rings is 1. The molecule has 0 saturated heterocycles. The van der Waals surface area contributed by atoms with E-state index in [2.05, 4.69) is 9.97 Å². The van der Waals surface area contributed by atoms with E-state index in [9.17, 15) is 13.2 Å². The molecule has 0 amide bonds. The second-order valence-electron chi connectivity index (χ2n) is 4.90. The van der Waals surface area contributed by atoms with Crippen molar-refractivity contribution in [3.63, 3.8) is 0 Å². The Labute approximate surface area is 118 Å². The molecule has 0 aliphatic carbocycles. The summed E-state index contributed by atoms with van der Waals surface area (Å²) >= 11 is 0. The van der Waals surface area contributed by atoms with Crippen LogP contribution in [-0.2, 0) is 6.18 Å². The lowest BCUT2D eigenvalue weighted by atomic mass is 10.1. The molecule has 0 fully saturated rings. The van der Waals surface area contributed by atoms with Crippen LogP contribution >= 0.6 is 0 Å². The summed E-state index contributed by atoms with van der Waals surface area (Å²) in [5.41, 5.74) is 7.64. The van der Waals surface area contributed by atoms with Gasteiger partial charge >= 0.3 is 6.18 Å². The summed E-state index contributed by atoms with van der Waals surface area (Å²) < 4.78 is 38.5. The number of anilines is 1. The quantitative estimate of drug-likeness (QED) is 0.662. The smallest absolute Gasteiger partial charge is 0.399 e. The number of para-hydroxylation sites is 1. The first-order valence-corrected chi connectivity index (χ1v) is 6.28. The number of aromatic nitrogens is 2. The number of hydrogen-bond acceptors (Lipinski definition) is 2. The Hall–Kier alpha value is -2.50. The van der Waals surface area contributed by atoms with Crippen molar-refractivity contribution in [2.45, 2.75) is 13.1 Å². The molecule has 0 radical (unpaired) electrons. The Balaban J connectivity index is 2.18. The molecule has 3 rings (SSSR count). The summed E-state index contributed by atoms with van der Waals surface area (Å²) in [7, 11) is 0. The van der Waals surface area contributed by atoms with Crippen molar-refractivity contribution in [1.29, 1.82) is 0 Å². The minimum Gasteiger partial charge on any atom is -0.399 e. The van der Waals surface area contributed by atoms with Crippen LogP contribution in [0.4, 0.5) is 18.9 Å². The fourth-order valence-electron chi connectivity index (χ4n) is 2.26. The van der Waals surface area contributed by atoms with Crippen molar-refractivity contribution in [1.82, 2.24) is 9.97 Å². The number of aromatic amines is 1. The molecule has 0 saturated carbocycles. The Kier molecular flexibility index (Phi) is 2.90. The van der Waals surface area contributed by atoms with Gasteiger partial charge in [0.2, 0.25) is 0 Å². The second-order valence-corrected chi connectivity index (χ2v) is 4.90. The van der Waals surface area contributed by atoms with Gasteiger partial charge in [0.15, 0.2) is 0 Å². The maximum atomic E-state index is 12.8. The minimum atomic E-state index is -4.44. The first-order valence-electron chi connectivity index (χ1n) is 6.28. The lowest BCUT2D eigenvalue weighted by molar-refractivity contribution is -0.137. The zero-order valence-electron chi connectivity index (χ0n) is 11.1. The molecule has 0 atom stereocenters. The van der Waals surface area contributed by atoms with Gasteiger partial charge in [0.05, 0.1) is 16.6 Å². The summed E-state index contributed by atoms with van der Waals surface area (Å²) in [6.45, 7) is 1.90. The van der Waals surface area contributed by atoms with Crippen molar-refractivity contribution in [3.8, 4) is 11.4 Å². The van der Waals surface area contributed by atoms with Crippen molar-refractivity contribution in [2.75, 3.05) is 5.73 Å². The average Bonchev–Trinajstić information content (AvgIpc) is 2.82. The van der Waals surface area contributed by atoms with Crippen LogP contribution in [0.5, 0.6) is 0 Å². The van der Waals surface area contributed by atoms with Gasteiger partial charge in [-0.1, -0.05) is 12.1 Å². The highest BCUT2D eigenvalue weighted by Crippen LogP contribution is 2.34. The van der Waals surface area contributed by atoms with Gasteiger partial charge in [0.25, 0.3) is 0 Å². The molecule has 1 aromatic heterocycles. The topological polar surface area (TPSA) is 54.7 Å². The predicted octanol–water partition coefficient (Wildman–Crippen LogP) is 4.14. The summed E-state index contributed by atoms with van der Waals surface area (Å²) in [5, 5.41) is 0. The molecule has 3 aromatic rings. The molecule has 3 nitrogen and oxygen atoms in total. The van der Waals surface area contributed by atoms with Crippen LogP contribution < -0.4 is 5.73 Å². The number of nitrogen functional groups attached to an aromatic ring is 1. The largest absolute Gasteiger partial charge is 0.416 e. The van der Waals surface area contributed by atoms with Crippen LogP contribution in [-0.4, -0.2) is 9.97 Å². The third kappa shape index (κ3) is 2.44. The van der Waals surface area contributed by atoms with Crippen molar-refractivity contribution in [2.24, 2.45) is 0 Å². The van der Waals surface area contributed by atoms with E-state index in [-0.39, 0.29) is 5.69 Å². The zero-order chi connectivity index (χ0) is 15.2. The van der Waals surface area contributed by atoms with Gasteiger partial charge in [-0.15, -0.1) is 0 Å². The summed E-state index contributed by atoms with van der Waals surface area (Å²) in [6.07, 6.45) is -4.44. The number of hydrogen-bond donors (Lipinski definition) is 2. The van der Waals surface area contributed by atoms with Crippen LogP contribution in [0.1, 0.15) is 11.1 Å². The fraction of sp³-hybridized carbons (Fsp3) is 0.133. The summed E-state index contributed by atoms with van der Waals surface area (Å²) in [4.78, 5) is 7.39. The van der Waals surface area contributed by atoms with Crippen LogP contribution in [0.15, 0.2) is 36.4 Å². The van der Waals surface area contributed by atoms with Crippen LogP contribution in [0.2, 0.25) is 0 Å². The van der Waals surface area contributed by atoms with Gasteiger partial charge in [-0.3, -0.25) is 0 Å². The molecule has 0 aliphatic heterocycles. The standard InChI is InChI=1S/C15H12F3N3/c1-8-3-2-4-12-13(8)21-14(20-12)9-5-10(15(16,17)18)7-11(19)6-9/h2-7H,19H2,1H3,(H,20,21). The highest BCUT2D eigenvalue weighted by atomic mass is 19.4. The molecule has 1 heterocycles. The average molecular weight is 291 g/mol. The molecule has 0 bridgehead atoms. The Morgan fingerprint density at radius 1 is 1.14 bits per heavy atom. The van der Waals surface area contributed by atoms with E-state index in [0.717, 1.165) is 28.7 Å². The first kappa shape index (κ1) is 13.5. The molecular formula is C15H12F3N3. The number of fused-ring (bicyclic) bond motifs is 1. The van der Waals surface area contributed by atoms with Crippen molar-refractivity contribution in [3.05, 3.63) is 47.5 Å². The van der Waals surface area contributed by atoms with E-state index in [1.54, 1.807) is 0 Å². The van der Waals surface area contributed by atoms with Gasteiger partial charge < -0.3 is 10.7 Å². The third-order valence-electron chi connectivity index (χ3n) is 3.27. The number of nitrogens with zero attached hydrogens (tertiary/aromatic N) is 1. The number of nitrogens with two attached hydrogens (primary N) is 1. The van der Waals surface area contributed by atoms with Gasteiger partial charge in [-0.2, -0.15) is 13.2 Å². The highest BCUT2D eigenvalue weighted by molar-refractivity contribution is 5.82. The number of rotatable bonds is 1. The molecule has 2 aromatic carbocycles. The highest BCUT2D eigenvalue weighted by Gasteiger charge is 2.31. The molecular weight excluding hydrogens is 279 g/mol. The third-order valence-corrected chi connectivity index (χ3v) is 3.27. The summed E-state index contributed by atoms with van der Waals surface area (Å²) in [6, 6.07) is 9.02. The molecule has 108 valence electrons. The Morgan fingerprint density at radius 3 is 2.57 bits per heavy atom. The van der Waals surface area contributed by atoms with Crippen molar-refractivity contribution < 1.29 is 13.2 Å².